The Bertz CT molecular complexity index is 801. The van der Waals surface area contributed by atoms with Crippen LogP contribution in [0.2, 0.25) is 0 Å². The number of amides is 1. The Morgan fingerprint density at radius 2 is 1.72 bits per heavy atom. The topological polar surface area (TPSA) is 36.0 Å². The smallest absolute Gasteiger partial charge is 0.236 e. The van der Waals surface area contributed by atoms with E-state index in [2.05, 4.69) is 47.9 Å². The lowest BCUT2D eigenvalue weighted by molar-refractivity contribution is -0.133. The minimum absolute atomic E-state index is 0.0822. The van der Waals surface area contributed by atoms with Crippen LogP contribution >= 0.6 is 0 Å². The molecular weight excluding hydrogens is 362 g/mol. The van der Waals surface area contributed by atoms with Crippen molar-refractivity contribution < 1.29 is 9.53 Å². The van der Waals surface area contributed by atoms with Gasteiger partial charge in [-0.2, -0.15) is 0 Å². The minimum Gasteiger partial charge on any atom is -0.496 e. The summed E-state index contributed by atoms with van der Waals surface area (Å²) in [5.74, 6) is 1.12. The molecule has 1 aliphatic heterocycles. The van der Waals surface area contributed by atoms with Crippen LogP contribution in [-0.2, 0) is 11.3 Å². The second kappa shape index (κ2) is 9.90. The number of aryl methyl sites for hydroxylation is 1. The molecule has 0 aromatic heterocycles. The van der Waals surface area contributed by atoms with Crippen LogP contribution in [-0.4, -0.2) is 67.5 Å². The van der Waals surface area contributed by atoms with E-state index in [1.54, 1.807) is 7.11 Å². The summed E-state index contributed by atoms with van der Waals surface area (Å²) in [6.07, 6.45) is 0. The van der Waals surface area contributed by atoms with Crippen LogP contribution in [0.1, 0.15) is 29.7 Å². The van der Waals surface area contributed by atoms with Crippen LogP contribution in [0.15, 0.2) is 48.5 Å². The first kappa shape index (κ1) is 21.3. The summed E-state index contributed by atoms with van der Waals surface area (Å²) in [5.41, 5.74) is 3.65. The van der Waals surface area contributed by atoms with Gasteiger partial charge in [0.25, 0.3) is 0 Å². The van der Waals surface area contributed by atoms with Crippen LogP contribution in [0.4, 0.5) is 0 Å². The molecule has 0 aliphatic carbocycles. The van der Waals surface area contributed by atoms with Gasteiger partial charge in [-0.3, -0.25) is 14.6 Å². The minimum atomic E-state index is 0.0822. The van der Waals surface area contributed by atoms with Crippen molar-refractivity contribution in [2.24, 2.45) is 0 Å². The highest BCUT2D eigenvalue weighted by molar-refractivity contribution is 5.78. The van der Waals surface area contributed by atoms with E-state index >= 15 is 0 Å². The molecule has 1 heterocycles. The molecule has 0 saturated carbocycles. The number of methoxy groups -OCH3 is 1. The maximum absolute atomic E-state index is 12.8. The first-order valence-corrected chi connectivity index (χ1v) is 10.4. The van der Waals surface area contributed by atoms with Crippen molar-refractivity contribution in [3.63, 3.8) is 0 Å². The van der Waals surface area contributed by atoms with E-state index in [4.69, 9.17) is 4.74 Å². The second-order valence-electron chi connectivity index (χ2n) is 7.96. The third kappa shape index (κ3) is 5.58. The van der Waals surface area contributed by atoms with Gasteiger partial charge in [0.05, 0.1) is 19.7 Å². The zero-order valence-electron chi connectivity index (χ0n) is 18.1. The lowest BCUT2D eigenvalue weighted by Crippen LogP contribution is -2.49. The predicted octanol–water partition coefficient (Wildman–Crippen LogP) is 3.34. The number of piperazine rings is 1. The average molecular weight is 396 g/mol. The van der Waals surface area contributed by atoms with Crippen molar-refractivity contribution in [3.8, 4) is 5.75 Å². The maximum atomic E-state index is 12.8. The van der Waals surface area contributed by atoms with E-state index in [-0.39, 0.29) is 11.9 Å². The molecule has 3 rings (SSSR count). The highest BCUT2D eigenvalue weighted by Gasteiger charge is 2.23. The molecule has 0 bridgehead atoms. The zero-order valence-corrected chi connectivity index (χ0v) is 18.1. The number of ether oxygens (including phenoxy) is 1. The van der Waals surface area contributed by atoms with Gasteiger partial charge < -0.3 is 9.64 Å². The van der Waals surface area contributed by atoms with Gasteiger partial charge in [0.2, 0.25) is 5.91 Å². The Hall–Kier alpha value is -2.37. The molecule has 0 N–H and O–H groups in total. The Kier molecular flexibility index (Phi) is 7.29. The van der Waals surface area contributed by atoms with Crippen molar-refractivity contribution in [1.82, 2.24) is 14.7 Å². The molecule has 1 aliphatic rings. The van der Waals surface area contributed by atoms with Gasteiger partial charge >= 0.3 is 0 Å². The van der Waals surface area contributed by atoms with Gasteiger partial charge in [0, 0.05) is 45.3 Å². The molecule has 156 valence electrons. The zero-order chi connectivity index (χ0) is 20.8. The third-order valence-corrected chi connectivity index (χ3v) is 5.91. The first-order valence-electron chi connectivity index (χ1n) is 10.4. The molecule has 5 nitrogen and oxygen atoms in total. The van der Waals surface area contributed by atoms with Crippen molar-refractivity contribution in [2.45, 2.75) is 26.4 Å². The van der Waals surface area contributed by atoms with E-state index in [0.717, 1.165) is 38.5 Å². The number of hydrogen-bond acceptors (Lipinski definition) is 4. The van der Waals surface area contributed by atoms with E-state index < -0.39 is 0 Å². The Morgan fingerprint density at radius 3 is 2.38 bits per heavy atom. The number of likely N-dealkylation sites (N-methyl/N-ethyl adjacent to an activating group) is 1. The highest BCUT2D eigenvalue weighted by atomic mass is 16.5. The molecule has 0 spiro atoms. The fraction of sp³-hybridized carbons (Fsp3) is 0.458. The molecule has 0 unspecified atom stereocenters. The summed E-state index contributed by atoms with van der Waals surface area (Å²) < 4.78 is 5.51. The van der Waals surface area contributed by atoms with Crippen molar-refractivity contribution in [2.75, 3.05) is 46.9 Å². The largest absolute Gasteiger partial charge is 0.496 e. The fourth-order valence-corrected chi connectivity index (χ4v) is 3.85. The maximum Gasteiger partial charge on any atom is 0.236 e. The van der Waals surface area contributed by atoms with Gasteiger partial charge in [0.1, 0.15) is 5.75 Å². The summed E-state index contributed by atoms with van der Waals surface area (Å²) in [6, 6.07) is 16.6. The van der Waals surface area contributed by atoms with Gasteiger partial charge in [-0.15, -0.1) is 0 Å². The van der Waals surface area contributed by atoms with Crippen LogP contribution in [0, 0.1) is 6.92 Å². The Balaban J connectivity index is 1.49. The molecule has 0 radical (unpaired) electrons. The van der Waals surface area contributed by atoms with Crippen molar-refractivity contribution in [3.05, 3.63) is 65.2 Å². The summed E-state index contributed by atoms with van der Waals surface area (Å²) in [5, 5.41) is 0. The van der Waals surface area contributed by atoms with Gasteiger partial charge in [-0.05, 0) is 25.5 Å². The van der Waals surface area contributed by atoms with Crippen LogP contribution in [0.3, 0.4) is 0 Å². The molecule has 2 aromatic carbocycles. The lowest BCUT2D eigenvalue weighted by atomic mass is 10.1. The van der Waals surface area contributed by atoms with E-state index in [1.807, 2.05) is 36.2 Å². The lowest BCUT2D eigenvalue weighted by Gasteiger charge is -2.36. The van der Waals surface area contributed by atoms with E-state index in [1.165, 1.54) is 16.7 Å². The molecule has 1 amide bonds. The summed E-state index contributed by atoms with van der Waals surface area (Å²) in [4.78, 5) is 19.3. The van der Waals surface area contributed by atoms with Gasteiger partial charge in [0.15, 0.2) is 0 Å². The number of hydrogen-bond donors (Lipinski definition) is 0. The SMILES string of the molecule is COc1ccc(C)cc1CN1CCN(CC(=O)N(C)[C@H](C)c2ccccc2)CC1. The first-order chi connectivity index (χ1) is 14.0. The number of benzene rings is 2. The monoisotopic (exact) mass is 395 g/mol. The molecular formula is C24H33N3O2. The summed E-state index contributed by atoms with van der Waals surface area (Å²) in [6.45, 7) is 9.30. The molecule has 1 fully saturated rings. The number of carbonyl (C=O) groups excluding carboxylic acids is 1. The number of carbonyl (C=O) groups is 1. The van der Waals surface area contributed by atoms with Crippen LogP contribution < -0.4 is 4.74 Å². The quantitative estimate of drug-likeness (QED) is 0.720. The summed E-state index contributed by atoms with van der Waals surface area (Å²) in [7, 11) is 3.63. The number of rotatable bonds is 7. The van der Waals surface area contributed by atoms with Crippen LogP contribution in [0.5, 0.6) is 5.75 Å². The highest BCUT2D eigenvalue weighted by Crippen LogP contribution is 2.22. The normalized spacial score (nSPS) is 16.4. The predicted molar refractivity (Wildman–Crippen MR) is 117 cm³/mol. The fourth-order valence-electron chi connectivity index (χ4n) is 3.85. The second-order valence-corrected chi connectivity index (χ2v) is 7.96. The molecule has 1 atom stereocenters. The molecule has 29 heavy (non-hydrogen) atoms. The van der Waals surface area contributed by atoms with Gasteiger partial charge in [-0.25, -0.2) is 0 Å². The Morgan fingerprint density at radius 1 is 1.07 bits per heavy atom. The molecule has 2 aromatic rings. The number of nitrogens with zero attached hydrogens (tertiary/aromatic N) is 3. The van der Waals surface area contributed by atoms with E-state index in [0.29, 0.717) is 6.54 Å². The molecule has 5 heteroatoms. The van der Waals surface area contributed by atoms with E-state index in [9.17, 15) is 4.79 Å². The Labute approximate surface area is 174 Å². The third-order valence-electron chi connectivity index (χ3n) is 5.91. The molecule has 1 saturated heterocycles. The standard InChI is InChI=1S/C24H33N3O2/c1-19-10-11-23(29-4)22(16-19)17-26-12-14-27(15-13-26)18-24(28)25(3)20(2)21-8-6-5-7-9-21/h5-11,16,20H,12-15,17-18H2,1-4H3/t20-/m1/s1. The summed E-state index contributed by atoms with van der Waals surface area (Å²) >= 11 is 0. The van der Waals surface area contributed by atoms with Crippen LogP contribution in [0.25, 0.3) is 0 Å². The average Bonchev–Trinajstić information content (AvgIpc) is 2.75. The van der Waals surface area contributed by atoms with Crippen molar-refractivity contribution in [1.29, 1.82) is 0 Å². The van der Waals surface area contributed by atoms with Crippen molar-refractivity contribution >= 4 is 5.91 Å². The van der Waals surface area contributed by atoms with Gasteiger partial charge in [-0.1, -0.05) is 48.0 Å².